The van der Waals surface area contributed by atoms with E-state index in [4.69, 9.17) is 21.1 Å². The van der Waals surface area contributed by atoms with E-state index in [9.17, 15) is 0 Å². The predicted octanol–water partition coefficient (Wildman–Crippen LogP) is -2.34. The minimum atomic E-state index is -1.21. The van der Waals surface area contributed by atoms with Crippen molar-refractivity contribution in [1.29, 1.82) is 0 Å². The molecule has 0 unspecified atom stereocenters. The molecule has 0 atom stereocenters. The summed E-state index contributed by atoms with van der Waals surface area (Å²) in [5, 5.41) is 25.0. The van der Waals surface area contributed by atoms with Gasteiger partial charge < -0.3 is 21.1 Å². The molecule has 4 nitrogen and oxygen atoms in total. The maximum Gasteiger partial charge on any atom is 0.0856 e. The van der Waals surface area contributed by atoms with Gasteiger partial charge in [-0.15, -0.1) is 0 Å². The van der Waals surface area contributed by atoms with E-state index in [1.807, 2.05) is 0 Å². The average molecular weight is 260 g/mol. The Morgan fingerprint density at radius 1 is 1.00 bits per heavy atom. The molecule has 0 saturated carbocycles. The second kappa shape index (κ2) is 5.79. The summed E-state index contributed by atoms with van der Waals surface area (Å²) in [7, 11) is 0. The number of nitrogens with two attached hydrogens (primary N) is 1. The van der Waals surface area contributed by atoms with Crippen LogP contribution in [0.2, 0.25) is 0 Å². The van der Waals surface area contributed by atoms with Gasteiger partial charge in [0.25, 0.3) is 0 Å². The fourth-order valence-electron chi connectivity index (χ4n) is 0.150. The van der Waals surface area contributed by atoms with E-state index in [1.165, 1.54) is 0 Å². The summed E-state index contributed by atoms with van der Waals surface area (Å²) >= 11 is 0. The molecule has 0 spiro atoms. The number of hydrogen-bond acceptors (Lipinski definition) is 4. The van der Waals surface area contributed by atoms with Gasteiger partial charge in [0.05, 0.1) is 25.4 Å². The monoisotopic (exact) mass is 260 g/mol. The van der Waals surface area contributed by atoms with Crippen LogP contribution < -0.4 is 5.73 Å². The molecule has 9 heavy (non-hydrogen) atoms. The third-order valence-electron chi connectivity index (χ3n) is 0.945. The molecular weight excluding hydrogens is 249 g/mol. The van der Waals surface area contributed by atoms with Crippen molar-refractivity contribution in [2.45, 2.75) is 5.54 Å². The van der Waals surface area contributed by atoms with Gasteiger partial charge in [0.2, 0.25) is 0 Å². The second-order valence-corrected chi connectivity index (χ2v) is 1.84. The quantitative estimate of drug-likeness (QED) is 0.458. The fraction of sp³-hybridized carbons (Fsp3) is 1.00. The van der Waals surface area contributed by atoms with E-state index < -0.39 is 25.4 Å². The molecule has 5 N–H and O–H groups in total. The van der Waals surface area contributed by atoms with Gasteiger partial charge in [0.1, 0.15) is 0 Å². The van der Waals surface area contributed by atoms with E-state index in [1.54, 1.807) is 0 Å². The summed E-state index contributed by atoms with van der Waals surface area (Å²) in [5.41, 5.74) is 3.94. The van der Waals surface area contributed by atoms with Crippen LogP contribution in [0.1, 0.15) is 0 Å². The van der Waals surface area contributed by atoms with Gasteiger partial charge in [-0.05, 0) is 0 Å². The van der Waals surface area contributed by atoms with E-state index in [-0.39, 0.29) is 35.6 Å². The largest absolute Gasteiger partial charge is 0.394 e. The molecule has 0 aliphatic rings. The first-order valence-electron chi connectivity index (χ1n) is 2.30. The number of hydrogen-bond donors (Lipinski definition) is 4. The molecule has 0 rings (SSSR count). The molecule has 0 saturated heterocycles. The molecule has 5 heteroatoms. The fourth-order valence-corrected chi connectivity index (χ4v) is 0.150. The van der Waals surface area contributed by atoms with Crippen molar-refractivity contribution in [3.05, 3.63) is 0 Å². The summed E-state index contributed by atoms with van der Waals surface area (Å²) in [4.78, 5) is 0. The van der Waals surface area contributed by atoms with Gasteiger partial charge in [0, 0.05) is 35.6 Å². The molecule has 0 aliphatic heterocycles. The zero-order chi connectivity index (χ0) is 6.62. The predicted molar refractivity (Wildman–Crippen MR) is 28.2 cm³/mol. The molecular formula is C4H11LaNO3. The number of aliphatic hydroxyl groups is 3. The molecule has 0 fully saturated rings. The third-order valence-corrected chi connectivity index (χ3v) is 0.945. The van der Waals surface area contributed by atoms with Gasteiger partial charge in [0.15, 0.2) is 0 Å². The molecule has 53 valence electrons. The Hall–Kier alpha value is 1.03. The van der Waals surface area contributed by atoms with Crippen LogP contribution in [-0.4, -0.2) is 40.7 Å². The van der Waals surface area contributed by atoms with E-state index in [0.717, 1.165) is 0 Å². The summed E-state index contributed by atoms with van der Waals surface area (Å²) in [6, 6.07) is 0. The van der Waals surface area contributed by atoms with Crippen LogP contribution in [0.4, 0.5) is 0 Å². The Morgan fingerprint density at radius 3 is 1.22 bits per heavy atom. The summed E-state index contributed by atoms with van der Waals surface area (Å²) < 4.78 is 0. The smallest absolute Gasteiger partial charge is 0.0856 e. The first kappa shape index (κ1) is 12.7. The molecule has 0 amide bonds. The van der Waals surface area contributed by atoms with Crippen molar-refractivity contribution >= 4 is 0 Å². The van der Waals surface area contributed by atoms with Crippen LogP contribution in [-0.2, 0) is 0 Å². The topological polar surface area (TPSA) is 86.7 Å². The molecule has 0 aromatic rings. The van der Waals surface area contributed by atoms with Crippen molar-refractivity contribution in [2.75, 3.05) is 19.8 Å². The van der Waals surface area contributed by atoms with Gasteiger partial charge in [-0.25, -0.2) is 0 Å². The molecule has 1 radical (unpaired) electrons. The number of aliphatic hydroxyl groups excluding tert-OH is 3. The first-order valence-corrected chi connectivity index (χ1v) is 2.30. The van der Waals surface area contributed by atoms with Crippen LogP contribution in [0, 0.1) is 35.6 Å². The Labute approximate surface area is 81.7 Å². The summed E-state index contributed by atoms with van der Waals surface area (Å²) in [6.45, 7) is -1.21. The van der Waals surface area contributed by atoms with Gasteiger partial charge >= 0.3 is 0 Å². The van der Waals surface area contributed by atoms with E-state index in [0.29, 0.717) is 0 Å². The van der Waals surface area contributed by atoms with Crippen LogP contribution in [0.3, 0.4) is 0 Å². The van der Waals surface area contributed by atoms with Crippen molar-refractivity contribution in [3.63, 3.8) is 0 Å². The number of rotatable bonds is 3. The maximum absolute atomic E-state index is 8.34. The van der Waals surface area contributed by atoms with Crippen LogP contribution in [0.25, 0.3) is 0 Å². The SMILES string of the molecule is NC(CO)(CO)CO.[La]. The van der Waals surface area contributed by atoms with E-state index in [2.05, 4.69) is 0 Å². The van der Waals surface area contributed by atoms with Crippen molar-refractivity contribution in [2.24, 2.45) is 5.73 Å². The Bertz CT molecular complexity index is 58.6. The van der Waals surface area contributed by atoms with Crippen LogP contribution in [0.5, 0.6) is 0 Å². The zero-order valence-corrected chi connectivity index (χ0v) is 8.74. The van der Waals surface area contributed by atoms with Crippen LogP contribution in [0.15, 0.2) is 0 Å². The molecule has 0 aliphatic carbocycles. The Kier molecular flexibility index (Phi) is 8.17. The van der Waals surface area contributed by atoms with Crippen molar-refractivity contribution in [3.8, 4) is 0 Å². The van der Waals surface area contributed by atoms with Crippen molar-refractivity contribution in [1.82, 2.24) is 0 Å². The van der Waals surface area contributed by atoms with Crippen molar-refractivity contribution < 1.29 is 50.9 Å². The maximum atomic E-state index is 8.34. The van der Waals surface area contributed by atoms with Gasteiger partial charge in [-0.2, -0.15) is 0 Å². The minimum Gasteiger partial charge on any atom is -0.394 e. The van der Waals surface area contributed by atoms with E-state index >= 15 is 0 Å². The average Bonchev–Trinajstić information content (AvgIpc) is 1.87. The minimum absolute atomic E-state index is 0. The molecule has 0 heterocycles. The zero-order valence-electron chi connectivity index (χ0n) is 5.12. The molecule has 0 aromatic heterocycles. The Morgan fingerprint density at radius 2 is 1.22 bits per heavy atom. The third kappa shape index (κ3) is 4.44. The summed E-state index contributed by atoms with van der Waals surface area (Å²) in [5.74, 6) is 0. The normalized spacial score (nSPS) is 10.7. The van der Waals surface area contributed by atoms with Gasteiger partial charge in [-0.1, -0.05) is 0 Å². The van der Waals surface area contributed by atoms with Gasteiger partial charge in [-0.3, -0.25) is 0 Å². The first-order chi connectivity index (χ1) is 3.68. The summed E-state index contributed by atoms with van der Waals surface area (Å²) in [6.07, 6.45) is 0. The second-order valence-electron chi connectivity index (χ2n) is 1.84. The molecule has 0 aromatic carbocycles. The van der Waals surface area contributed by atoms with Crippen LogP contribution >= 0.6 is 0 Å². The Balaban J connectivity index is 0. The standard InChI is InChI=1S/C4H11NO3.La/c5-4(1-6,2-7)3-8;/h6-8H,1-3,5H2;. The molecule has 0 bridgehead atoms.